The molecule has 0 aromatic heterocycles. The lowest BCUT2D eigenvalue weighted by Crippen LogP contribution is -2.16. The van der Waals surface area contributed by atoms with Crippen molar-refractivity contribution in [3.05, 3.63) is 21.7 Å². The van der Waals surface area contributed by atoms with Gasteiger partial charge in [-0.15, -0.1) is 0 Å². The zero-order valence-corrected chi connectivity index (χ0v) is 14.8. The molecule has 124 valence electrons. The quantitative estimate of drug-likeness (QED) is 0.349. The topological polar surface area (TPSA) is 47.9 Å². The standard InChI is InChI=1S/C16H23Cl2NO3/c1-4-7-11(3)12-8-6-9-14(13(12)10-15(17)18)19-22-16(20)21-5-2/h10-11H,4-9H2,1-3H3. The Bertz CT molecular complexity index is 480. The molecule has 6 heteroatoms. The van der Waals surface area contributed by atoms with E-state index >= 15 is 0 Å². The van der Waals surface area contributed by atoms with Crippen LogP contribution in [0.4, 0.5) is 4.79 Å². The summed E-state index contributed by atoms with van der Waals surface area (Å²) >= 11 is 11.7. The molecule has 0 N–H and O–H groups in total. The van der Waals surface area contributed by atoms with Crippen LogP contribution in [0.3, 0.4) is 0 Å². The molecule has 1 aliphatic carbocycles. The number of carbonyl (C=O) groups excluding carboxylic acids is 1. The Morgan fingerprint density at radius 3 is 2.68 bits per heavy atom. The third-order valence-corrected chi connectivity index (χ3v) is 3.80. The molecule has 0 heterocycles. The third-order valence-electron chi connectivity index (χ3n) is 3.58. The van der Waals surface area contributed by atoms with Crippen molar-refractivity contribution in [2.75, 3.05) is 6.61 Å². The Kier molecular flexibility index (Phi) is 8.57. The summed E-state index contributed by atoms with van der Waals surface area (Å²) in [5.74, 6) is 0.414. The van der Waals surface area contributed by atoms with Gasteiger partial charge in [0.2, 0.25) is 0 Å². The van der Waals surface area contributed by atoms with Crippen molar-refractivity contribution >= 4 is 35.1 Å². The highest BCUT2D eigenvalue weighted by molar-refractivity contribution is 6.56. The van der Waals surface area contributed by atoms with Gasteiger partial charge in [-0.3, -0.25) is 4.84 Å². The van der Waals surface area contributed by atoms with Crippen molar-refractivity contribution < 1.29 is 14.4 Å². The lowest BCUT2D eigenvalue weighted by molar-refractivity contribution is 0.0611. The summed E-state index contributed by atoms with van der Waals surface area (Å²) in [4.78, 5) is 16.1. The van der Waals surface area contributed by atoms with Crippen LogP contribution in [0.5, 0.6) is 0 Å². The number of carbonyl (C=O) groups is 1. The van der Waals surface area contributed by atoms with E-state index in [1.165, 1.54) is 5.57 Å². The van der Waals surface area contributed by atoms with Gasteiger partial charge in [-0.05, 0) is 44.6 Å². The number of ether oxygens (including phenoxy) is 1. The van der Waals surface area contributed by atoms with Crippen LogP contribution < -0.4 is 0 Å². The second-order valence-corrected chi connectivity index (χ2v) is 6.24. The summed E-state index contributed by atoms with van der Waals surface area (Å²) in [5, 5.41) is 3.95. The molecule has 0 aromatic carbocycles. The minimum atomic E-state index is -0.802. The number of oxime groups is 1. The molecule has 1 atom stereocenters. The summed E-state index contributed by atoms with van der Waals surface area (Å²) in [6.07, 6.45) is 5.73. The monoisotopic (exact) mass is 347 g/mol. The number of hydrogen-bond acceptors (Lipinski definition) is 4. The summed E-state index contributed by atoms with van der Waals surface area (Å²) in [6, 6.07) is 0. The van der Waals surface area contributed by atoms with Crippen molar-refractivity contribution in [1.29, 1.82) is 0 Å². The largest absolute Gasteiger partial charge is 0.535 e. The molecule has 1 unspecified atom stereocenters. The maximum Gasteiger partial charge on any atom is 0.535 e. The molecule has 0 fully saturated rings. The summed E-state index contributed by atoms with van der Waals surface area (Å²) in [5.41, 5.74) is 2.84. The highest BCUT2D eigenvalue weighted by Gasteiger charge is 2.22. The van der Waals surface area contributed by atoms with Crippen molar-refractivity contribution in [2.45, 2.75) is 52.9 Å². The Hall–Kier alpha value is -1.00. The number of rotatable bonds is 6. The van der Waals surface area contributed by atoms with Gasteiger partial charge in [0.15, 0.2) is 0 Å². The van der Waals surface area contributed by atoms with Crippen molar-refractivity contribution in [3.8, 4) is 0 Å². The summed E-state index contributed by atoms with van der Waals surface area (Å²) < 4.78 is 4.88. The third kappa shape index (κ3) is 6.01. The van der Waals surface area contributed by atoms with Crippen LogP contribution in [0.2, 0.25) is 0 Å². The first-order valence-corrected chi connectivity index (χ1v) is 8.41. The average molecular weight is 348 g/mol. The van der Waals surface area contributed by atoms with Gasteiger partial charge in [0.25, 0.3) is 0 Å². The Morgan fingerprint density at radius 2 is 2.09 bits per heavy atom. The van der Waals surface area contributed by atoms with E-state index in [1.54, 1.807) is 13.0 Å². The molecule has 0 aromatic rings. The fourth-order valence-corrected chi connectivity index (χ4v) is 2.85. The van der Waals surface area contributed by atoms with Gasteiger partial charge in [0, 0.05) is 5.57 Å². The molecule has 0 bridgehead atoms. The maximum atomic E-state index is 11.3. The lowest BCUT2D eigenvalue weighted by Gasteiger charge is -2.24. The number of hydrogen-bond donors (Lipinski definition) is 0. The van der Waals surface area contributed by atoms with E-state index in [0.29, 0.717) is 18.1 Å². The van der Waals surface area contributed by atoms with E-state index in [0.717, 1.165) is 31.3 Å². The maximum absolute atomic E-state index is 11.3. The molecule has 0 saturated heterocycles. The van der Waals surface area contributed by atoms with Gasteiger partial charge < -0.3 is 4.74 Å². The second-order valence-electron chi connectivity index (χ2n) is 5.23. The van der Waals surface area contributed by atoms with Gasteiger partial charge in [-0.25, -0.2) is 4.79 Å². The predicted molar refractivity (Wildman–Crippen MR) is 90.3 cm³/mol. The van der Waals surface area contributed by atoms with Crippen LogP contribution in [-0.4, -0.2) is 18.5 Å². The van der Waals surface area contributed by atoms with Crippen molar-refractivity contribution in [2.24, 2.45) is 11.1 Å². The SMILES string of the molecule is CCCC(C)C1=C(C=C(Cl)Cl)C(=NOC(=O)OCC)CCC1. The summed E-state index contributed by atoms with van der Waals surface area (Å²) in [7, 11) is 0. The first-order chi connectivity index (χ1) is 10.5. The molecule has 4 nitrogen and oxygen atoms in total. The Balaban J connectivity index is 3.08. The first-order valence-electron chi connectivity index (χ1n) is 7.66. The molecular weight excluding hydrogens is 325 g/mol. The normalized spacial score (nSPS) is 18.1. The smallest absolute Gasteiger partial charge is 0.433 e. The molecule has 1 aliphatic rings. The van der Waals surface area contributed by atoms with Crippen LogP contribution in [0.1, 0.15) is 52.9 Å². The highest BCUT2D eigenvalue weighted by atomic mass is 35.5. The summed E-state index contributed by atoms with van der Waals surface area (Å²) in [6.45, 7) is 6.30. The van der Waals surface area contributed by atoms with Gasteiger partial charge in [0.1, 0.15) is 4.49 Å². The van der Waals surface area contributed by atoms with Crippen LogP contribution in [0, 0.1) is 5.92 Å². The molecule has 1 rings (SSSR count). The first kappa shape index (κ1) is 19.0. The van der Waals surface area contributed by atoms with Gasteiger partial charge in [0.05, 0.1) is 12.3 Å². The number of nitrogens with zero attached hydrogens (tertiary/aromatic N) is 1. The molecule has 22 heavy (non-hydrogen) atoms. The van der Waals surface area contributed by atoms with Gasteiger partial charge in [-0.2, -0.15) is 0 Å². The molecule has 0 radical (unpaired) electrons. The van der Waals surface area contributed by atoms with E-state index < -0.39 is 6.16 Å². The fraction of sp³-hybridized carbons (Fsp3) is 0.625. The zero-order valence-electron chi connectivity index (χ0n) is 13.3. The van der Waals surface area contributed by atoms with E-state index in [9.17, 15) is 4.79 Å². The van der Waals surface area contributed by atoms with E-state index in [-0.39, 0.29) is 11.1 Å². The molecule has 0 saturated carbocycles. The van der Waals surface area contributed by atoms with Gasteiger partial charge >= 0.3 is 6.16 Å². The molecular formula is C16H23Cl2NO3. The van der Waals surface area contributed by atoms with Crippen LogP contribution in [0.25, 0.3) is 0 Å². The van der Waals surface area contributed by atoms with Crippen LogP contribution in [0.15, 0.2) is 26.9 Å². The highest BCUT2D eigenvalue weighted by Crippen LogP contribution is 2.33. The van der Waals surface area contributed by atoms with E-state index in [2.05, 4.69) is 19.0 Å². The van der Waals surface area contributed by atoms with Crippen LogP contribution in [-0.2, 0) is 9.57 Å². The lowest BCUT2D eigenvalue weighted by atomic mass is 9.82. The molecule has 0 spiro atoms. The minimum absolute atomic E-state index is 0.168. The molecule has 0 aliphatic heterocycles. The minimum Gasteiger partial charge on any atom is -0.433 e. The fourth-order valence-electron chi connectivity index (χ4n) is 2.64. The van der Waals surface area contributed by atoms with Crippen molar-refractivity contribution in [1.82, 2.24) is 0 Å². The Labute approximate surface area is 142 Å². The van der Waals surface area contributed by atoms with Crippen LogP contribution >= 0.6 is 23.2 Å². The Morgan fingerprint density at radius 1 is 1.36 bits per heavy atom. The second kappa shape index (κ2) is 9.90. The van der Waals surface area contributed by atoms with Gasteiger partial charge in [-0.1, -0.05) is 54.2 Å². The number of halogens is 2. The van der Waals surface area contributed by atoms with Crippen molar-refractivity contribution in [3.63, 3.8) is 0 Å². The predicted octanol–water partition coefficient (Wildman–Crippen LogP) is 5.75. The zero-order chi connectivity index (χ0) is 16.5. The average Bonchev–Trinajstić information content (AvgIpc) is 2.46. The van der Waals surface area contributed by atoms with E-state index in [4.69, 9.17) is 32.8 Å². The number of allylic oxidation sites excluding steroid dienone is 3. The molecule has 0 amide bonds. The van der Waals surface area contributed by atoms with E-state index in [1.807, 2.05) is 0 Å².